The second-order valence-electron chi connectivity index (χ2n) is 4.74. The van der Waals surface area contributed by atoms with Gasteiger partial charge in [-0.2, -0.15) is 0 Å². The van der Waals surface area contributed by atoms with Crippen molar-refractivity contribution in [1.29, 1.82) is 0 Å². The van der Waals surface area contributed by atoms with Gasteiger partial charge in [0.05, 0.1) is 26.7 Å². The predicted octanol–water partition coefficient (Wildman–Crippen LogP) is 1.57. The number of methoxy groups -OCH3 is 2. The normalized spacial score (nSPS) is 21.6. The molecule has 5 nitrogen and oxygen atoms in total. The van der Waals surface area contributed by atoms with Crippen LogP contribution in [0, 0.1) is 5.92 Å². The minimum Gasteiger partial charge on any atom is -0.493 e. The van der Waals surface area contributed by atoms with Crippen LogP contribution in [0.2, 0.25) is 0 Å². The first-order chi connectivity index (χ1) is 9.71. The smallest absolute Gasteiger partial charge is 0.310 e. The Morgan fingerprint density at radius 2 is 2.10 bits per heavy atom. The molecule has 1 aromatic carbocycles. The summed E-state index contributed by atoms with van der Waals surface area (Å²) in [7, 11) is 3.04. The van der Waals surface area contributed by atoms with E-state index >= 15 is 0 Å². The molecular formula is C15H21NO4. The van der Waals surface area contributed by atoms with Crippen molar-refractivity contribution in [2.45, 2.75) is 12.8 Å². The van der Waals surface area contributed by atoms with Gasteiger partial charge in [0, 0.05) is 19.0 Å². The van der Waals surface area contributed by atoms with E-state index in [1.54, 1.807) is 7.11 Å². The van der Waals surface area contributed by atoms with Gasteiger partial charge in [0.1, 0.15) is 0 Å². The average molecular weight is 279 g/mol. The number of ether oxygens (including phenoxy) is 3. The summed E-state index contributed by atoms with van der Waals surface area (Å²) in [4.78, 5) is 11.8. The fourth-order valence-electron chi connectivity index (χ4n) is 2.62. The summed E-state index contributed by atoms with van der Waals surface area (Å²) in [6.45, 7) is 3.91. The van der Waals surface area contributed by atoms with Gasteiger partial charge in [0.15, 0.2) is 11.5 Å². The SMILES string of the molecule is CCOc1cc(C2CNCC2C(=O)OC)ccc1OC. The van der Waals surface area contributed by atoms with E-state index in [0.717, 1.165) is 12.1 Å². The second-order valence-corrected chi connectivity index (χ2v) is 4.74. The molecule has 1 aliphatic rings. The zero-order chi connectivity index (χ0) is 14.5. The van der Waals surface area contributed by atoms with E-state index in [-0.39, 0.29) is 17.8 Å². The van der Waals surface area contributed by atoms with Crippen molar-refractivity contribution in [3.63, 3.8) is 0 Å². The highest BCUT2D eigenvalue weighted by Gasteiger charge is 2.35. The highest BCUT2D eigenvalue weighted by Crippen LogP contribution is 2.35. The molecule has 2 rings (SSSR count). The van der Waals surface area contributed by atoms with Gasteiger partial charge >= 0.3 is 5.97 Å². The molecule has 0 aliphatic carbocycles. The Morgan fingerprint density at radius 3 is 2.75 bits per heavy atom. The molecule has 2 unspecified atom stereocenters. The lowest BCUT2D eigenvalue weighted by atomic mass is 9.89. The van der Waals surface area contributed by atoms with Gasteiger partial charge in [-0.3, -0.25) is 4.79 Å². The fourth-order valence-corrected chi connectivity index (χ4v) is 2.62. The molecular weight excluding hydrogens is 258 g/mol. The molecule has 1 aromatic rings. The predicted molar refractivity (Wildman–Crippen MR) is 75.3 cm³/mol. The highest BCUT2D eigenvalue weighted by atomic mass is 16.5. The van der Waals surface area contributed by atoms with Crippen molar-refractivity contribution < 1.29 is 19.0 Å². The first-order valence-corrected chi connectivity index (χ1v) is 6.80. The van der Waals surface area contributed by atoms with Crippen LogP contribution in [0.15, 0.2) is 18.2 Å². The Hall–Kier alpha value is -1.75. The first kappa shape index (κ1) is 14.7. The quantitative estimate of drug-likeness (QED) is 0.829. The van der Waals surface area contributed by atoms with Crippen LogP contribution in [-0.2, 0) is 9.53 Å². The Kier molecular flexibility index (Phi) is 4.84. The fraction of sp³-hybridized carbons (Fsp3) is 0.533. The lowest BCUT2D eigenvalue weighted by Crippen LogP contribution is -2.23. The molecule has 0 saturated carbocycles. The molecule has 1 aliphatic heterocycles. The number of hydrogen-bond acceptors (Lipinski definition) is 5. The van der Waals surface area contributed by atoms with Gasteiger partial charge in [-0.1, -0.05) is 6.07 Å². The van der Waals surface area contributed by atoms with Crippen LogP contribution < -0.4 is 14.8 Å². The Balaban J connectivity index is 2.27. The molecule has 2 atom stereocenters. The summed E-state index contributed by atoms with van der Waals surface area (Å²) < 4.78 is 15.7. The number of hydrogen-bond donors (Lipinski definition) is 1. The number of esters is 1. The minimum absolute atomic E-state index is 0.104. The van der Waals surface area contributed by atoms with Crippen LogP contribution in [0.3, 0.4) is 0 Å². The third-order valence-corrected chi connectivity index (χ3v) is 3.63. The zero-order valence-corrected chi connectivity index (χ0v) is 12.1. The van der Waals surface area contributed by atoms with E-state index in [0.29, 0.717) is 24.7 Å². The van der Waals surface area contributed by atoms with Gasteiger partial charge in [-0.15, -0.1) is 0 Å². The van der Waals surface area contributed by atoms with Gasteiger partial charge < -0.3 is 19.5 Å². The van der Waals surface area contributed by atoms with E-state index in [1.165, 1.54) is 7.11 Å². The van der Waals surface area contributed by atoms with Gasteiger partial charge in [0.2, 0.25) is 0 Å². The maximum absolute atomic E-state index is 11.8. The Labute approximate surface area is 119 Å². The molecule has 0 amide bonds. The van der Waals surface area contributed by atoms with Crippen LogP contribution in [0.4, 0.5) is 0 Å². The van der Waals surface area contributed by atoms with Crippen molar-refractivity contribution in [3.8, 4) is 11.5 Å². The van der Waals surface area contributed by atoms with Gasteiger partial charge in [-0.25, -0.2) is 0 Å². The first-order valence-electron chi connectivity index (χ1n) is 6.80. The molecule has 1 fully saturated rings. The van der Waals surface area contributed by atoms with Crippen LogP contribution >= 0.6 is 0 Å². The van der Waals surface area contributed by atoms with Gasteiger partial charge in [0.25, 0.3) is 0 Å². The number of rotatable bonds is 5. The largest absolute Gasteiger partial charge is 0.493 e. The van der Waals surface area contributed by atoms with E-state index < -0.39 is 0 Å². The topological polar surface area (TPSA) is 56.8 Å². The lowest BCUT2D eigenvalue weighted by Gasteiger charge is -2.18. The summed E-state index contributed by atoms with van der Waals surface area (Å²) in [5, 5.41) is 3.24. The maximum atomic E-state index is 11.8. The molecule has 1 heterocycles. The number of carbonyl (C=O) groups excluding carboxylic acids is 1. The summed E-state index contributed by atoms with van der Waals surface area (Å²) in [5.74, 6) is 1.20. The summed E-state index contributed by atoms with van der Waals surface area (Å²) in [6.07, 6.45) is 0. The Morgan fingerprint density at radius 1 is 1.30 bits per heavy atom. The number of benzene rings is 1. The van der Waals surface area contributed by atoms with E-state index in [1.807, 2.05) is 25.1 Å². The second kappa shape index (κ2) is 6.61. The molecule has 20 heavy (non-hydrogen) atoms. The Bertz CT molecular complexity index is 475. The van der Waals surface area contributed by atoms with Crippen LogP contribution in [0.1, 0.15) is 18.4 Å². The van der Waals surface area contributed by atoms with Crippen LogP contribution in [0.5, 0.6) is 11.5 Å². The summed E-state index contributed by atoms with van der Waals surface area (Å²) >= 11 is 0. The van der Waals surface area contributed by atoms with E-state index in [2.05, 4.69) is 5.32 Å². The van der Waals surface area contributed by atoms with Crippen molar-refractivity contribution in [2.75, 3.05) is 33.9 Å². The molecule has 0 radical (unpaired) electrons. The third kappa shape index (κ3) is 2.88. The average Bonchev–Trinajstić information content (AvgIpc) is 2.96. The third-order valence-electron chi connectivity index (χ3n) is 3.63. The number of nitrogens with one attached hydrogen (secondary N) is 1. The molecule has 1 N–H and O–H groups in total. The van der Waals surface area contributed by atoms with E-state index in [9.17, 15) is 4.79 Å². The molecule has 1 saturated heterocycles. The molecule has 0 spiro atoms. The lowest BCUT2D eigenvalue weighted by molar-refractivity contribution is -0.145. The molecule has 0 aromatic heterocycles. The van der Waals surface area contributed by atoms with Crippen LogP contribution in [0.25, 0.3) is 0 Å². The van der Waals surface area contributed by atoms with Crippen LogP contribution in [-0.4, -0.2) is 39.9 Å². The highest BCUT2D eigenvalue weighted by molar-refractivity contribution is 5.74. The van der Waals surface area contributed by atoms with Crippen molar-refractivity contribution >= 4 is 5.97 Å². The van der Waals surface area contributed by atoms with Crippen molar-refractivity contribution in [1.82, 2.24) is 5.32 Å². The summed E-state index contributed by atoms with van der Waals surface area (Å²) in [6, 6.07) is 5.82. The monoisotopic (exact) mass is 279 g/mol. The molecule has 110 valence electrons. The zero-order valence-electron chi connectivity index (χ0n) is 12.1. The number of carbonyl (C=O) groups is 1. The minimum atomic E-state index is -0.172. The van der Waals surface area contributed by atoms with Crippen molar-refractivity contribution in [3.05, 3.63) is 23.8 Å². The molecule has 5 heteroatoms. The molecule has 0 bridgehead atoms. The maximum Gasteiger partial charge on any atom is 0.310 e. The standard InChI is InChI=1S/C15H21NO4/c1-4-20-14-7-10(5-6-13(14)18-2)11-8-16-9-12(11)15(17)19-3/h5-7,11-12,16H,4,8-9H2,1-3H3. The summed E-state index contributed by atoms with van der Waals surface area (Å²) in [5.41, 5.74) is 1.06. The van der Waals surface area contributed by atoms with E-state index in [4.69, 9.17) is 14.2 Å². The van der Waals surface area contributed by atoms with Gasteiger partial charge in [-0.05, 0) is 24.6 Å². The van der Waals surface area contributed by atoms with Crippen molar-refractivity contribution in [2.24, 2.45) is 5.92 Å².